The lowest BCUT2D eigenvalue weighted by atomic mass is 10.1. The number of unbranched alkanes of at least 4 members (excludes halogenated alkanes) is 1. The third-order valence-electron chi connectivity index (χ3n) is 4.20. The van der Waals surface area contributed by atoms with Crippen molar-refractivity contribution in [2.24, 2.45) is 0 Å². The van der Waals surface area contributed by atoms with Gasteiger partial charge in [-0.05, 0) is 37.0 Å². The minimum absolute atomic E-state index is 0.0110. The van der Waals surface area contributed by atoms with Crippen LogP contribution in [-0.4, -0.2) is 48.1 Å². The lowest BCUT2D eigenvalue weighted by Crippen LogP contribution is -2.40. The number of rotatable bonds is 8. The molecule has 1 fully saturated rings. The molecule has 0 radical (unpaired) electrons. The van der Waals surface area contributed by atoms with Crippen LogP contribution in [0.4, 0.5) is 4.39 Å². The van der Waals surface area contributed by atoms with Crippen LogP contribution in [-0.2, 0) is 19.1 Å². The van der Waals surface area contributed by atoms with Crippen LogP contribution in [0.2, 0.25) is 5.02 Å². The van der Waals surface area contributed by atoms with Gasteiger partial charge in [-0.25, -0.2) is 9.18 Å². The average molecular weight is 417 g/mol. The van der Waals surface area contributed by atoms with Gasteiger partial charge in [-0.2, -0.15) is 0 Å². The molecule has 2 amide bonds. The van der Waals surface area contributed by atoms with Gasteiger partial charge in [-0.1, -0.05) is 17.7 Å². The van der Waals surface area contributed by atoms with Gasteiger partial charge >= 0.3 is 5.97 Å². The molecule has 0 spiro atoms. The third-order valence-corrected chi connectivity index (χ3v) is 5.75. The van der Waals surface area contributed by atoms with Crippen molar-refractivity contribution in [1.82, 2.24) is 10.2 Å². The van der Waals surface area contributed by atoms with E-state index in [9.17, 15) is 18.8 Å². The van der Waals surface area contributed by atoms with Crippen LogP contribution in [0.3, 0.4) is 0 Å². The zero-order valence-corrected chi connectivity index (χ0v) is 16.7. The predicted molar refractivity (Wildman–Crippen MR) is 102 cm³/mol. The smallest absolute Gasteiger partial charge is 0.328 e. The number of esters is 1. The summed E-state index contributed by atoms with van der Waals surface area (Å²) in [6.07, 6.45) is 1.71. The van der Waals surface area contributed by atoms with Crippen molar-refractivity contribution in [2.45, 2.75) is 37.6 Å². The number of benzene rings is 1. The van der Waals surface area contributed by atoms with E-state index in [0.29, 0.717) is 31.6 Å². The van der Waals surface area contributed by atoms with Gasteiger partial charge in [0, 0.05) is 13.5 Å². The van der Waals surface area contributed by atoms with Crippen LogP contribution in [0.15, 0.2) is 18.2 Å². The molecule has 2 unspecified atom stereocenters. The lowest BCUT2D eigenvalue weighted by molar-refractivity contribution is -0.145. The number of amides is 2. The van der Waals surface area contributed by atoms with Gasteiger partial charge in [0.2, 0.25) is 11.8 Å². The summed E-state index contributed by atoms with van der Waals surface area (Å²) in [6, 6.07) is 3.79. The highest BCUT2D eigenvalue weighted by atomic mass is 35.5. The zero-order valence-electron chi connectivity index (χ0n) is 15.2. The van der Waals surface area contributed by atoms with Gasteiger partial charge in [0.1, 0.15) is 17.2 Å². The monoisotopic (exact) mass is 416 g/mol. The normalized spacial score (nSPS) is 17.7. The molecule has 0 aliphatic carbocycles. The molecule has 0 saturated carbocycles. The maximum absolute atomic E-state index is 13.4. The fourth-order valence-corrected chi connectivity index (χ4v) is 4.30. The molecule has 1 saturated heterocycles. The molecule has 1 aromatic carbocycles. The molecule has 0 bridgehead atoms. The molecule has 2 rings (SSSR count). The van der Waals surface area contributed by atoms with Gasteiger partial charge in [-0.3, -0.25) is 9.59 Å². The molecule has 1 aliphatic rings. The first-order valence-corrected chi connectivity index (χ1v) is 9.97. The van der Waals surface area contributed by atoms with Crippen LogP contribution in [0, 0.1) is 5.82 Å². The molecule has 6 nitrogen and oxygen atoms in total. The molecule has 27 heavy (non-hydrogen) atoms. The van der Waals surface area contributed by atoms with Crippen molar-refractivity contribution in [3.63, 3.8) is 0 Å². The first kappa shape index (κ1) is 21.5. The highest BCUT2D eigenvalue weighted by molar-refractivity contribution is 8.00. The number of carbonyl (C=O) groups excluding carboxylic acids is 3. The van der Waals surface area contributed by atoms with E-state index in [-0.39, 0.29) is 22.2 Å². The Hall–Kier alpha value is -1.80. The summed E-state index contributed by atoms with van der Waals surface area (Å²) in [5.41, 5.74) is 0.780. The molecular formula is C18H22ClFN2O4S. The second-order valence-electron chi connectivity index (χ2n) is 6.20. The molecule has 1 aromatic rings. The summed E-state index contributed by atoms with van der Waals surface area (Å²) >= 11 is 7.33. The van der Waals surface area contributed by atoms with Crippen molar-refractivity contribution >= 4 is 41.1 Å². The Kier molecular flexibility index (Phi) is 7.91. The SMILES string of the molecule is COC(=O)C(CCCCN1C(=O)CSC1c1ccc(F)c(Cl)c1)NC(C)=O. The van der Waals surface area contributed by atoms with E-state index >= 15 is 0 Å². The minimum Gasteiger partial charge on any atom is -0.467 e. The van der Waals surface area contributed by atoms with E-state index in [1.165, 1.54) is 31.9 Å². The Morgan fingerprint density at radius 1 is 1.44 bits per heavy atom. The number of ether oxygens (including phenoxy) is 1. The van der Waals surface area contributed by atoms with Gasteiger partial charge in [-0.15, -0.1) is 11.8 Å². The minimum atomic E-state index is -0.692. The Bertz CT molecular complexity index is 719. The molecular weight excluding hydrogens is 395 g/mol. The Morgan fingerprint density at radius 3 is 2.81 bits per heavy atom. The number of methoxy groups -OCH3 is 1. The van der Waals surface area contributed by atoms with Crippen LogP contribution < -0.4 is 5.32 Å². The standard InChI is InChI=1S/C18H22ClFN2O4S/c1-11(23)21-15(18(25)26-2)5-3-4-8-22-16(24)10-27-17(22)12-6-7-14(20)13(19)9-12/h6-7,9,15,17H,3-5,8,10H2,1-2H3,(H,21,23). The number of nitrogens with zero attached hydrogens (tertiary/aromatic N) is 1. The Labute approximate surface area is 166 Å². The molecule has 9 heteroatoms. The second-order valence-corrected chi connectivity index (χ2v) is 7.67. The number of carbonyl (C=O) groups is 3. The predicted octanol–water partition coefficient (Wildman–Crippen LogP) is 2.90. The summed E-state index contributed by atoms with van der Waals surface area (Å²) in [4.78, 5) is 36.8. The largest absolute Gasteiger partial charge is 0.467 e. The topological polar surface area (TPSA) is 75.7 Å². The molecule has 0 aromatic heterocycles. The van der Waals surface area contributed by atoms with Gasteiger partial charge in [0.05, 0.1) is 17.9 Å². The summed E-state index contributed by atoms with van der Waals surface area (Å²) < 4.78 is 18.1. The summed E-state index contributed by atoms with van der Waals surface area (Å²) in [6.45, 7) is 1.84. The average Bonchev–Trinajstić information content (AvgIpc) is 2.99. The summed E-state index contributed by atoms with van der Waals surface area (Å²) in [7, 11) is 1.27. The van der Waals surface area contributed by atoms with E-state index < -0.39 is 17.8 Å². The number of hydrogen-bond donors (Lipinski definition) is 1. The molecule has 1 aliphatic heterocycles. The van der Waals surface area contributed by atoms with E-state index in [4.69, 9.17) is 16.3 Å². The number of thioether (sulfide) groups is 1. The van der Waals surface area contributed by atoms with E-state index in [2.05, 4.69) is 5.32 Å². The quantitative estimate of drug-likeness (QED) is 0.521. The van der Waals surface area contributed by atoms with Gasteiger partial charge in [0.15, 0.2) is 0 Å². The van der Waals surface area contributed by atoms with Crippen molar-refractivity contribution in [2.75, 3.05) is 19.4 Å². The third kappa shape index (κ3) is 5.84. The Balaban J connectivity index is 1.92. The van der Waals surface area contributed by atoms with Crippen LogP contribution in [0.25, 0.3) is 0 Å². The molecule has 2 atom stereocenters. The van der Waals surface area contributed by atoms with Gasteiger partial charge in [0.25, 0.3) is 0 Å². The van der Waals surface area contributed by atoms with Crippen LogP contribution in [0.1, 0.15) is 37.1 Å². The van der Waals surface area contributed by atoms with E-state index in [1.54, 1.807) is 17.0 Å². The molecule has 1 N–H and O–H groups in total. The fourth-order valence-electron chi connectivity index (χ4n) is 2.91. The van der Waals surface area contributed by atoms with Crippen molar-refractivity contribution in [1.29, 1.82) is 0 Å². The Morgan fingerprint density at radius 2 is 2.19 bits per heavy atom. The summed E-state index contributed by atoms with van der Waals surface area (Å²) in [5, 5.41) is 2.39. The van der Waals surface area contributed by atoms with Crippen molar-refractivity contribution in [3.8, 4) is 0 Å². The first-order valence-electron chi connectivity index (χ1n) is 8.54. The molecule has 148 valence electrons. The first-order chi connectivity index (χ1) is 12.8. The number of halogens is 2. The van der Waals surface area contributed by atoms with E-state index in [1.807, 2.05) is 0 Å². The number of hydrogen-bond acceptors (Lipinski definition) is 5. The van der Waals surface area contributed by atoms with Gasteiger partial charge < -0.3 is 15.0 Å². The van der Waals surface area contributed by atoms with E-state index in [0.717, 1.165) is 5.56 Å². The van der Waals surface area contributed by atoms with Crippen LogP contribution >= 0.6 is 23.4 Å². The van der Waals surface area contributed by atoms with Crippen molar-refractivity contribution < 1.29 is 23.5 Å². The summed E-state index contributed by atoms with van der Waals surface area (Å²) in [5.74, 6) is -0.914. The lowest BCUT2D eigenvalue weighted by Gasteiger charge is -2.24. The fraction of sp³-hybridized carbons (Fsp3) is 0.500. The second kappa shape index (κ2) is 9.94. The maximum Gasteiger partial charge on any atom is 0.328 e. The molecule has 1 heterocycles. The van der Waals surface area contributed by atoms with Crippen LogP contribution in [0.5, 0.6) is 0 Å². The zero-order chi connectivity index (χ0) is 20.0. The maximum atomic E-state index is 13.4. The highest BCUT2D eigenvalue weighted by Crippen LogP contribution is 2.39. The highest BCUT2D eigenvalue weighted by Gasteiger charge is 2.32. The van der Waals surface area contributed by atoms with Crippen molar-refractivity contribution in [3.05, 3.63) is 34.6 Å². The number of nitrogens with one attached hydrogen (secondary N) is 1.